The molecule has 1 atom stereocenters. The standard InChI is InChI=1S/C29H55N3O.C7H8/c1-8-12-13-14-15-16-17-18-19-20-27(11-4)32-28(22-24(5)6)29(33)31-23-26(10-3)25(7)30-21-9-2;1-7-5-3-2-4-6-7/h10-11,24,28,30,32H,7-9,12-23H2,1-6H3,(H,31,33);2-6H,1H3. The Morgan fingerprint density at radius 3 is 1.93 bits per heavy atom. The predicted octanol–water partition coefficient (Wildman–Crippen LogP) is 9.39. The van der Waals surface area contributed by atoms with Crippen molar-refractivity contribution in [2.24, 2.45) is 5.92 Å². The zero-order valence-electron chi connectivity index (χ0n) is 27.2. The van der Waals surface area contributed by atoms with E-state index in [4.69, 9.17) is 0 Å². The van der Waals surface area contributed by atoms with Gasteiger partial charge in [-0.15, -0.1) is 0 Å². The van der Waals surface area contributed by atoms with Gasteiger partial charge >= 0.3 is 0 Å². The van der Waals surface area contributed by atoms with Crippen molar-refractivity contribution in [1.82, 2.24) is 16.0 Å². The van der Waals surface area contributed by atoms with Gasteiger partial charge in [-0.2, -0.15) is 0 Å². The maximum atomic E-state index is 13.0. The van der Waals surface area contributed by atoms with Gasteiger partial charge < -0.3 is 16.0 Å². The van der Waals surface area contributed by atoms with Crippen LogP contribution in [0.15, 0.2) is 66.0 Å². The van der Waals surface area contributed by atoms with Crippen molar-refractivity contribution in [3.8, 4) is 0 Å². The molecule has 228 valence electrons. The third-order valence-electron chi connectivity index (χ3n) is 7.00. The fourth-order valence-electron chi connectivity index (χ4n) is 4.46. The highest BCUT2D eigenvalue weighted by atomic mass is 16.2. The highest BCUT2D eigenvalue weighted by molar-refractivity contribution is 5.82. The van der Waals surface area contributed by atoms with Gasteiger partial charge in [0.15, 0.2) is 0 Å². The van der Waals surface area contributed by atoms with Crippen LogP contribution in [0.5, 0.6) is 0 Å². The summed E-state index contributed by atoms with van der Waals surface area (Å²) in [5, 5.41) is 10.0. The van der Waals surface area contributed by atoms with E-state index in [0.29, 0.717) is 12.5 Å². The molecule has 1 unspecified atom stereocenters. The number of carbonyl (C=O) groups is 1. The topological polar surface area (TPSA) is 53.2 Å². The molecule has 0 heterocycles. The normalized spacial score (nSPS) is 12.4. The van der Waals surface area contributed by atoms with E-state index in [2.05, 4.69) is 82.3 Å². The molecule has 0 aromatic heterocycles. The van der Waals surface area contributed by atoms with E-state index in [1.54, 1.807) is 0 Å². The quantitative estimate of drug-likeness (QED) is 0.105. The Bertz CT molecular complexity index is 826. The number of allylic oxidation sites excluding steroid dienone is 3. The number of rotatable bonds is 21. The average Bonchev–Trinajstić information content (AvgIpc) is 2.94. The van der Waals surface area contributed by atoms with Gasteiger partial charge in [0.1, 0.15) is 6.04 Å². The summed E-state index contributed by atoms with van der Waals surface area (Å²) in [4.78, 5) is 13.0. The summed E-state index contributed by atoms with van der Waals surface area (Å²) in [7, 11) is 0. The lowest BCUT2D eigenvalue weighted by molar-refractivity contribution is -0.123. The Morgan fingerprint density at radius 2 is 1.45 bits per heavy atom. The smallest absolute Gasteiger partial charge is 0.242 e. The third kappa shape index (κ3) is 20.4. The molecule has 1 aromatic rings. The van der Waals surface area contributed by atoms with Crippen molar-refractivity contribution in [2.75, 3.05) is 13.1 Å². The molecule has 0 saturated heterocycles. The molecular weight excluding hydrogens is 490 g/mol. The number of benzene rings is 1. The molecule has 1 amide bonds. The van der Waals surface area contributed by atoms with Crippen LogP contribution in [0, 0.1) is 12.8 Å². The van der Waals surface area contributed by atoms with E-state index < -0.39 is 0 Å². The van der Waals surface area contributed by atoms with Crippen molar-refractivity contribution >= 4 is 5.91 Å². The molecule has 0 fully saturated rings. The molecule has 4 nitrogen and oxygen atoms in total. The molecule has 1 rings (SSSR count). The Morgan fingerprint density at radius 1 is 0.850 bits per heavy atom. The van der Waals surface area contributed by atoms with Crippen molar-refractivity contribution < 1.29 is 4.79 Å². The van der Waals surface area contributed by atoms with Gasteiger partial charge in [-0.3, -0.25) is 4.79 Å². The van der Waals surface area contributed by atoms with Crippen LogP contribution < -0.4 is 16.0 Å². The van der Waals surface area contributed by atoms with Gasteiger partial charge in [0, 0.05) is 24.5 Å². The Kier molecular flexibility index (Phi) is 23.9. The van der Waals surface area contributed by atoms with Crippen LogP contribution in [0.3, 0.4) is 0 Å². The Hall–Kier alpha value is -2.49. The number of amides is 1. The number of hydrogen-bond donors (Lipinski definition) is 3. The maximum Gasteiger partial charge on any atom is 0.242 e. The van der Waals surface area contributed by atoms with E-state index >= 15 is 0 Å². The van der Waals surface area contributed by atoms with Crippen LogP contribution in [0.4, 0.5) is 0 Å². The van der Waals surface area contributed by atoms with Gasteiger partial charge in [-0.1, -0.05) is 134 Å². The first kappa shape index (κ1) is 37.5. The molecule has 0 aliphatic heterocycles. The van der Waals surface area contributed by atoms with Crippen molar-refractivity contribution in [2.45, 2.75) is 132 Å². The van der Waals surface area contributed by atoms with Gasteiger partial charge in [0.2, 0.25) is 5.91 Å². The second kappa shape index (κ2) is 25.5. The Balaban J connectivity index is 0.00000187. The lowest BCUT2D eigenvalue weighted by Crippen LogP contribution is -2.45. The molecular formula is C36H63N3O. The van der Waals surface area contributed by atoms with E-state index in [1.165, 1.54) is 69.0 Å². The van der Waals surface area contributed by atoms with Gasteiger partial charge in [0.05, 0.1) is 0 Å². The summed E-state index contributed by atoms with van der Waals surface area (Å²) in [6, 6.07) is 10.1. The minimum absolute atomic E-state index is 0.0674. The largest absolute Gasteiger partial charge is 0.385 e. The van der Waals surface area contributed by atoms with Crippen LogP contribution in [0.1, 0.15) is 124 Å². The van der Waals surface area contributed by atoms with Crippen LogP contribution in [0.2, 0.25) is 0 Å². The molecule has 0 radical (unpaired) electrons. The van der Waals surface area contributed by atoms with E-state index in [-0.39, 0.29) is 11.9 Å². The summed E-state index contributed by atoms with van der Waals surface area (Å²) >= 11 is 0. The van der Waals surface area contributed by atoms with Crippen LogP contribution >= 0.6 is 0 Å². The van der Waals surface area contributed by atoms with Crippen LogP contribution in [-0.4, -0.2) is 25.0 Å². The molecule has 4 heteroatoms. The fraction of sp³-hybridized carbons (Fsp3) is 0.639. The fourth-order valence-corrected chi connectivity index (χ4v) is 4.46. The van der Waals surface area contributed by atoms with Crippen LogP contribution in [0.25, 0.3) is 0 Å². The zero-order valence-corrected chi connectivity index (χ0v) is 27.2. The Labute approximate surface area is 248 Å². The lowest BCUT2D eigenvalue weighted by atomic mass is 10.0. The number of nitrogens with one attached hydrogen (secondary N) is 3. The van der Waals surface area contributed by atoms with E-state index in [0.717, 1.165) is 37.1 Å². The van der Waals surface area contributed by atoms with Gasteiger partial charge in [0.25, 0.3) is 0 Å². The molecule has 0 bridgehead atoms. The molecule has 3 N–H and O–H groups in total. The zero-order chi connectivity index (χ0) is 30.0. The highest BCUT2D eigenvalue weighted by Gasteiger charge is 2.20. The minimum Gasteiger partial charge on any atom is -0.385 e. The number of aryl methyl sites for hydroxylation is 1. The first-order valence-electron chi connectivity index (χ1n) is 16.1. The van der Waals surface area contributed by atoms with Gasteiger partial charge in [-0.25, -0.2) is 0 Å². The minimum atomic E-state index is -0.204. The summed E-state index contributed by atoms with van der Waals surface area (Å²) in [6.07, 6.45) is 19.0. The van der Waals surface area contributed by atoms with Crippen LogP contribution in [-0.2, 0) is 4.79 Å². The number of unbranched alkanes of at least 4 members (excludes halogenated alkanes) is 8. The highest BCUT2D eigenvalue weighted by Crippen LogP contribution is 2.15. The lowest BCUT2D eigenvalue weighted by Gasteiger charge is -2.24. The predicted molar refractivity (Wildman–Crippen MR) is 177 cm³/mol. The van der Waals surface area contributed by atoms with Crippen molar-refractivity contribution in [3.05, 3.63) is 71.6 Å². The number of carbonyl (C=O) groups excluding carboxylic acids is 1. The first-order chi connectivity index (χ1) is 19.3. The summed E-state index contributed by atoms with van der Waals surface area (Å²) in [5.41, 5.74) is 4.45. The summed E-state index contributed by atoms with van der Waals surface area (Å²) in [6.45, 7) is 20.4. The second-order valence-electron chi connectivity index (χ2n) is 11.3. The molecule has 40 heavy (non-hydrogen) atoms. The molecule has 1 aromatic carbocycles. The maximum absolute atomic E-state index is 13.0. The monoisotopic (exact) mass is 553 g/mol. The first-order valence-corrected chi connectivity index (χ1v) is 16.1. The molecule has 0 aliphatic carbocycles. The van der Waals surface area contributed by atoms with E-state index in [9.17, 15) is 4.79 Å². The van der Waals surface area contributed by atoms with Crippen molar-refractivity contribution in [3.63, 3.8) is 0 Å². The second-order valence-corrected chi connectivity index (χ2v) is 11.3. The summed E-state index contributed by atoms with van der Waals surface area (Å²) in [5.74, 6) is 0.513. The summed E-state index contributed by atoms with van der Waals surface area (Å²) < 4.78 is 0. The molecule has 0 aliphatic rings. The van der Waals surface area contributed by atoms with Crippen molar-refractivity contribution in [1.29, 1.82) is 0 Å². The third-order valence-corrected chi connectivity index (χ3v) is 7.00. The SMILES string of the molecule is C=C(NCCC)C(=CC)CNC(=O)C(CC(C)C)NC(=CC)CCCCCCCCCCC.Cc1ccccc1. The van der Waals surface area contributed by atoms with Gasteiger partial charge in [-0.05, 0) is 57.9 Å². The molecule has 0 spiro atoms. The molecule has 0 saturated carbocycles. The van der Waals surface area contributed by atoms with E-state index in [1.807, 2.05) is 31.2 Å². The number of hydrogen-bond acceptors (Lipinski definition) is 3. The average molecular weight is 554 g/mol.